The van der Waals surface area contributed by atoms with Gasteiger partial charge in [0.2, 0.25) is 5.91 Å². The lowest BCUT2D eigenvalue weighted by atomic mass is 10.3. The van der Waals surface area contributed by atoms with Gasteiger partial charge < -0.3 is 16.0 Å². The Kier molecular flexibility index (Phi) is 7.49. The highest BCUT2D eigenvalue weighted by atomic mass is 32.2. The number of guanidine groups is 1. The zero-order valence-electron chi connectivity index (χ0n) is 11.6. The second-order valence-corrected chi connectivity index (χ2v) is 4.89. The number of hydrogen-bond acceptors (Lipinski definition) is 3. The summed E-state index contributed by atoms with van der Waals surface area (Å²) in [5.74, 6) is 0.986. The zero-order chi connectivity index (χ0) is 14.8. The highest BCUT2D eigenvalue weighted by molar-refractivity contribution is 7.98. The molecule has 0 fully saturated rings. The fraction of sp³-hybridized carbons (Fsp3) is 0.385. The third-order valence-electron chi connectivity index (χ3n) is 2.37. The quantitative estimate of drug-likeness (QED) is 0.421. The van der Waals surface area contributed by atoms with Gasteiger partial charge in [-0.1, -0.05) is 0 Å². The lowest BCUT2D eigenvalue weighted by Gasteiger charge is -2.11. The van der Waals surface area contributed by atoms with Gasteiger partial charge in [-0.25, -0.2) is 4.39 Å². The van der Waals surface area contributed by atoms with E-state index in [0.717, 1.165) is 12.3 Å². The molecule has 1 aromatic carbocycles. The van der Waals surface area contributed by atoms with Crippen molar-refractivity contribution >= 4 is 29.3 Å². The standard InChI is InChI=1S/C13H19FN4OS/c1-15-13(16-7-8-20-2)17-9-12(19)18-11-5-3-10(14)4-6-11/h3-6H,7-9H2,1-2H3,(H,18,19)(H2,15,16,17). The van der Waals surface area contributed by atoms with Crippen LogP contribution in [-0.2, 0) is 4.79 Å². The summed E-state index contributed by atoms with van der Waals surface area (Å²) in [6.45, 7) is 0.872. The maximum Gasteiger partial charge on any atom is 0.243 e. The van der Waals surface area contributed by atoms with Gasteiger partial charge in [-0.2, -0.15) is 11.8 Å². The highest BCUT2D eigenvalue weighted by Gasteiger charge is 2.04. The monoisotopic (exact) mass is 298 g/mol. The molecular weight excluding hydrogens is 279 g/mol. The van der Waals surface area contributed by atoms with Crippen LogP contribution in [0.4, 0.5) is 10.1 Å². The number of carbonyl (C=O) groups is 1. The first kappa shape index (κ1) is 16.3. The molecule has 0 bridgehead atoms. The molecule has 7 heteroatoms. The van der Waals surface area contributed by atoms with Crippen molar-refractivity contribution in [3.05, 3.63) is 30.1 Å². The molecule has 1 amide bonds. The summed E-state index contributed by atoms with van der Waals surface area (Å²) >= 11 is 1.73. The van der Waals surface area contributed by atoms with Crippen molar-refractivity contribution in [3.8, 4) is 0 Å². The van der Waals surface area contributed by atoms with Crippen LogP contribution in [0, 0.1) is 5.82 Å². The molecule has 110 valence electrons. The summed E-state index contributed by atoms with van der Waals surface area (Å²) in [4.78, 5) is 15.7. The fourth-order valence-corrected chi connectivity index (χ4v) is 1.70. The third kappa shape index (κ3) is 6.42. The van der Waals surface area contributed by atoms with Crippen LogP contribution >= 0.6 is 11.8 Å². The average Bonchev–Trinajstić information content (AvgIpc) is 2.45. The first-order valence-electron chi connectivity index (χ1n) is 6.14. The van der Waals surface area contributed by atoms with Crippen molar-refractivity contribution < 1.29 is 9.18 Å². The van der Waals surface area contributed by atoms with Crippen molar-refractivity contribution in [1.82, 2.24) is 10.6 Å². The minimum absolute atomic E-state index is 0.0936. The Labute approximate surface area is 122 Å². The molecule has 0 atom stereocenters. The van der Waals surface area contributed by atoms with Crippen molar-refractivity contribution in [2.75, 3.05) is 37.5 Å². The normalized spacial score (nSPS) is 11.1. The molecule has 0 aromatic heterocycles. The molecule has 0 spiro atoms. The van der Waals surface area contributed by atoms with Gasteiger partial charge in [-0.3, -0.25) is 9.79 Å². The van der Waals surface area contributed by atoms with Gasteiger partial charge in [0.1, 0.15) is 5.82 Å². The summed E-state index contributed by atoms with van der Waals surface area (Å²) in [5, 5.41) is 8.65. The number of thioether (sulfide) groups is 1. The number of carbonyl (C=O) groups excluding carboxylic acids is 1. The topological polar surface area (TPSA) is 65.5 Å². The molecule has 5 nitrogen and oxygen atoms in total. The number of benzene rings is 1. The Morgan fingerprint density at radius 2 is 2.00 bits per heavy atom. The largest absolute Gasteiger partial charge is 0.356 e. The fourth-order valence-electron chi connectivity index (χ4n) is 1.39. The Hall–Kier alpha value is -1.76. The molecular formula is C13H19FN4OS. The first-order chi connectivity index (χ1) is 9.65. The van der Waals surface area contributed by atoms with E-state index in [9.17, 15) is 9.18 Å². The second kappa shape index (κ2) is 9.19. The van der Waals surface area contributed by atoms with Crippen LogP contribution in [0.1, 0.15) is 0 Å². The van der Waals surface area contributed by atoms with Crippen LogP contribution in [0.3, 0.4) is 0 Å². The van der Waals surface area contributed by atoms with Crippen LogP contribution in [0.15, 0.2) is 29.3 Å². The maximum atomic E-state index is 12.7. The van der Waals surface area contributed by atoms with E-state index in [1.54, 1.807) is 18.8 Å². The number of hydrogen-bond donors (Lipinski definition) is 3. The van der Waals surface area contributed by atoms with Gasteiger partial charge in [-0.05, 0) is 30.5 Å². The van der Waals surface area contributed by atoms with E-state index in [-0.39, 0.29) is 18.3 Å². The van der Waals surface area contributed by atoms with Gasteiger partial charge in [0, 0.05) is 25.0 Å². The number of amides is 1. The summed E-state index contributed by atoms with van der Waals surface area (Å²) in [6, 6.07) is 5.62. The summed E-state index contributed by atoms with van der Waals surface area (Å²) < 4.78 is 12.7. The Morgan fingerprint density at radius 1 is 1.30 bits per heavy atom. The maximum absolute atomic E-state index is 12.7. The average molecular weight is 298 g/mol. The Morgan fingerprint density at radius 3 is 2.60 bits per heavy atom. The molecule has 0 saturated heterocycles. The second-order valence-electron chi connectivity index (χ2n) is 3.90. The van der Waals surface area contributed by atoms with Crippen LogP contribution < -0.4 is 16.0 Å². The molecule has 0 saturated carbocycles. The number of aliphatic imine (C=N–C) groups is 1. The molecule has 0 unspecified atom stereocenters. The van der Waals surface area contributed by atoms with Crippen molar-refractivity contribution in [2.45, 2.75) is 0 Å². The van der Waals surface area contributed by atoms with Gasteiger partial charge in [0.05, 0.1) is 6.54 Å². The van der Waals surface area contributed by atoms with Gasteiger partial charge >= 0.3 is 0 Å². The molecule has 1 rings (SSSR count). The van der Waals surface area contributed by atoms with Gasteiger partial charge in [-0.15, -0.1) is 0 Å². The SMILES string of the molecule is CN=C(NCCSC)NCC(=O)Nc1ccc(F)cc1. The number of rotatable bonds is 6. The van der Waals surface area contributed by atoms with E-state index in [2.05, 4.69) is 20.9 Å². The van der Waals surface area contributed by atoms with Crippen molar-refractivity contribution in [1.29, 1.82) is 0 Å². The predicted molar refractivity (Wildman–Crippen MR) is 82.8 cm³/mol. The van der Waals surface area contributed by atoms with Crippen LogP contribution in [0.5, 0.6) is 0 Å². The minimum atomic E-state index is -0.334. The Bertz CT molecular complexity index is 450. The molecule has 0 radical (unpaired) electrons. The molecule has 20 heavy (non-hydrogen) atoms. The van der Waals surface area contributed by atoms with Crippen molar-refractivity contribution in [2.24, 2.45) is 4.99 Å². The summed E-state index contributed by atoms with van der Waals surface area (Å²) in [7, 11) is 1.65. The first-order valence-corrected chi connectivity index (χ1v) is 7.54. The van der Waals surface area contributed by atoms with Gasteiger partial charge in [0.25, 0.3) is 0 Å². The summed E-state index contributed by atoms with van der Waals surface area (Å²) in [6.07, 6.45) is 2.02. The van der Waals surface area contributed by atoms with Crippen LogP contribution in [0.2, 0.25) is 0 Å². The van der Waals surface area contributed by atoms with E-state index >= 15 is 0 Å². The van der Waals surface area contributed by atoms with Gasteiger partial charge in [0.15, 0.2) is 5.96 Å². The lowest BCUT2D eigenvalue weighted by Crippen LogP contribution is -2.42. The van der Waals surface area contributed by atoms with Crippen LogP contribution in [0.25, 0.3) is 0 Å². The molecule has 0 aliphatic heterocycles. The molecule has 1 aromatic rings. The molecule has 0 aliphatic carbocycles. The molecule has 3 N–H and O–H groups in total. The summed E-state index contributed by atoms with van der Waals surface area (Å²) in [5.41, 5.74) is 0.559. The molecule has 0 aliphatic rings. The van der Waals surface area contributed by atoms with E-state index in [1.807, 2.05) is 6.26 Å². The van der Waals surface area contributed by atoms with E-state index in [1.165, 1.54) is 24.3 Å². The lowest BCUT2D eigenvalue weighted by molar-refractivity contribution is -0.115. The van der Waals surface area contributed by atoms with E-state index in [0.29, 0.717) is 11.6 Å². The molecule has 0 heterocycles. The third-order valence-corrected chi connectivity index (χ3v) is 2.98. The zero-order valence-corrected chi connectivity index (χ0v) is 12.4. The number of anilines is 1. The number of nitrogens with zero attached hydrogens (tertiary/aromatic N) is 1. The van der Waals surface area contributed by atoms with Crippen LogP contribution in [-0.4, -0.2) is 44.0 Å². The predicted octanol–water partition coefficient (Wildman–Crippen LogP) is 1.29. The minimum Gasteiger partial charge on any atom is -0.356 e. The number of nitrogens with one attached hydrogen (secondary N) is 3. The Balaban J connectivity index is 2.33. The highest BCUT2D eigenvalue weighted by Crippen LogP contribution is 2.07. The smallest absolute Gasteiger partial charge is 0.243 e. The van der Waals surface area contributed by atoms with Crippen molar-refractivity contribution in [3.63, 3.8) is 0 Å². The van der Waals surface area contributed by atoms with E-state index in [4.69, 9.17) is 0 Å². The number of halogens is 1. The van der Waals surface area contributed by atoms with E-state index < -0.39 is 0 Å².